The molecular weight excluding hydrogens is 445 g/mol. The fourth-order valence-corrected chi connectivity index (χ4v) is 2.54. The van der Waals surface area contributed by atoms with E-state index in [0.717, 1.165) is 57.1 Å². The Morgan fingerprint density at radius 1 is 1.23 bits per heavy atom. The highest BCUT2D eigenvalue weighted by atomic mass is 127. The quantitative estimate of drug-likeness (QED) is 0.251. The minimum Gasteiger partial charge on any atom is -0.357 e. The molecule has 2 heterocycles. The summed E-state index contributed by atoms with van der Waals surface area (Å²) in [6, 6.07) is 2.10. The predicted octanol–water partition coefficient (Wildman–Crippen LogP) is 2.39. The SMILES string of the molecule is CCNC(=NCCCn1nc(C)cc1C)NCCCc1nc(C)no1.I. The molecule has 0 saturated carbocycles. The van der Waals surface area contributed by atoms with Crippen LogP contribution in [0.15, 0.2) is 15.6 Å². The minimum atomic E-state index is 0. The number of rotatable bonds is 9. The van der Waals surface area contributed by atoms with Crippen molar-refractivity contribution in [2.45, 2.75) is 53.5 Å². The minimum absolute atomic E-state index is 0. The van der Waals surface area contributed by atoms with Gasteiger partial charge in [0.15, 0.2) is 11.8 Å². The third-order valence-corrected chi connectivity index (χ3v) is 3.68. The van der Waals surface area contributed by atoms with Crippen LogP contribution in [-0.2, 0) is 13.0 Å². The summed E-state index contributed by atoms with van der Waals surface area (Å²) in [4.78, 5) is 8.82. The molecule has 0 unspecified atom stereocenters. The van der Waals surface area contributed by atoms with E-state index < -0.39 is 0 Å². The highest BCUT2D eigenvalue weighted by molar-refractivity contribution is 14.0. The summed E-state index contributed by atoms with van der Waals surface area (Å²) in [5, 5.41) is 14.9. The van der Waals surface area contributed by atoms with Crippen molar-refractivity contribution in [3.05, 3.63) is 29.2 Å². The molecule has 0 bridgehead atoms. The van der Waals surface area contributed by atoms with Gasteiger partial charge in [0.25, 0.3) is 0 Å². The zero-order valence-electron chi connectivity index (χ0n) is 16.1. The number of aryl methyl sites for hydroxylation is 5. The van der Waals surface area contributed by atoms with Crippen molar-refractivity contribution in [2.24, 2.45) is 4.99 Å². The van der Waals surface area contributed by atoms with Crippen molar-refractivity contribution in [3.8, 4) is 0 Å². The van der Waals surface area contributed by atoms with Crippen LogP contribution in [0.2, 0.25) is 0 Å². The van der Waals surface area contributed by atoms with Gasteiger partial charge in [-0.15, -0.1) is 24.0 Å². The van der Waals surface area contributed by atoms with E-state index >= 15 is 0 Å². The molecule has 0 aliphatic heterocycles. The van der Waals surface area contributed by atoms with Gasteiger partial charge in [-0.05, 0) is 46.6 Å². The lowest BCUT2D eigenvalue weighted by Crippen LogP contribution is -2.38. The van der Waals surface area contributed by atoms with E-state index in [4.69, 9.17) is 4.52 Å². The number of halogens is 1. The molecule has 0 radical (unpaired) electrons. The highest BCUT2D eigenvalue weighted by Gasteiger charge is 2.03. The molecule has 0 aromatic carbocycles. The number of aromatic nitrogens is 4. The fraction of sp³-hybridized carbons (Fsp3) is 0.647. The van der Waals surface area contributed by atoms with Crippen molar-refractivity contribution >= 4 is 29.9 Å². The van der Waals surface area contributed by atoms with E-state index in [1.54, 1.807) is 0 Å². The number of guanidine groups is 1. The maximum Gasteiger partial charge on any atom is 0.226 e. The molecule has 0 fully saturated rings. The van der Waals surface area contributed by atoms with Gasteiger partial charge >= 0.3 is 0 Å². The van der Waals surface area contributed by atoms with Crippen molar-refractivity contribution in [1.29, 1.82) is 0 Å². The lowest BCUT2D eigenvalue weighted by Gasteiger charge is -2.11. The largest absolute Gasteiger partial charge is 0.357 e. The zero-order valence-corrected chi connectivity index (χ0v) is 18.4. The zero-order chi connectivity index (χ0) is 18.1. The molecule has 26 heavy (non-hydrogen) atoms. The van der Waals surface area contributed by atoms with Crippen LogP contribution in [-0.4, -0.2) is 45.5 Å². The molecule has 0 atom stereocenters. The Labute approximate surface area is 172 Å². The highest BCUT2D eigenvalue weighted by Crippen LogP contribution is 2.02. The van der Waals surface area contributed by atoms with Gasteiger partial charge in [-0.25, -0.2) is 0 Å². The van der Waals surface area contributed by atoms with Crippen LogP contribution in [0.4, 0.5) is 0 Å². The van der Waals surface area contributed by atoms with Crippen molar-refractivity contribution in [1.82, 2.24) is 30.6 Å². The molecule has 0 aliphatic rings. The maximum absolute atomic E-state index is 5.11. The van der Waals surface area contributed by atoms with Gasteiger partial charge in [-0.2, -0.15) is 10.1 Å². The molecule has 146 valence electrons. The van der Waals surface area contributed by atoms with Gasteiger partial charge in [-0.1, -0.05) is 5.16 Å². The van der Waals surface area contributed by atoms with Crippen LogP contribution in [0.25, 0.3) is 0 Å². The van der Waals surface area contributed by atoms with Gasteiger partial charge in [0.2, 0.25) is 5.89 Å². The molecule has 2 N–H and O–H groups in total. The number of hydrogen-bond donors (Lipinski definition) is 2. The Hall–Kier alpha value is -1.65. The molecule has 2 aromatic heterocycles. The number of aliphatic imine (C=N–C) groups is 1. The van der Waals surface area contributed by atoms with Crippen LogP contribution >= 0.6 is 24.0 Å². The first-order valence-corrected chi connectivity index (χ1v) is 8.91. The average Bonchev–Trinajstić information content (AvgIpc) is 3.12. The second-order valence-corrected chi connectivity index (χ2v) is 6.03. The molecular formula is C17H30IN7O. The lowest BCUT2D eigenvalue weighted by molar-refractivity contribution is 0.372. The van der Waals surface area contributed by atoms with Gasteiger partial charge in [-0.3, -0.25) is 9.67 Å². The second-order valence-electron chi connectivity index (χ2n) is 6.03. The Bertz CT molecular complexity index is 680. The lowest BCUT2D eigenvalue weighted by atomic mass is 10.3. The monoisotopic (exact) mass is 475 g/mol. The predicted molar refractivity (Wildman–Crippen MR) is 113 cm³/mol. The number of nitrogens with one attached hydrogen (secondary N) is 2. The van der Waals surface area contributed by atoms with E-state index in [-0.39, 0.29) is 24.0 Å². The Balaban J connectivity index is 0.00000338. The fourth-order valence-electron chi connectivity index (χ4n) is 2.54. The van der Waals surface area contributed by atoms with E-state index in [0.29, 0.717) is 11.7 Å². The third kappa shape index (κ3) is 7.71. The Morgan fingerprint density at radius 3 is 2.65 bits per heavy atom. The topological polar surface area (TPSA) is 93.2 Å². The van der Waals surface area contributed by atoms with Crippen molar-refractivity contribution < 1.29 is 4.52 Å². The van der Waals surface area contributed by atoms with E-state index in [9.17, 15) is 0 Å². The van der Waals surface area contributed by atoms with Crippen LogP contribution < -0.4 is 10.6 Å². The average molecular weight is 475 g/mol. The van der Waals surface area contributed by atoms with Crippen LogP contribution in [0.5, 0.6) is 0 Å². The number of hydrogen-bond acceptors (Lipinski definition) is 5. The molecule has 0 spiro atoms. The Morgan fingerprint density at radius 2 is 2.04 bits per heavy atom. The molecule has 2 aromatic rings. The maximum atomic E-state index is 5.11. The third-order valence-electron chi connectivity index (χ3n) is 3.68. The van der Waals surface area contributed by atoms with Gasteiger partial charge < -0.3 is 15.2 Å². The van der Waals surface area contributed by atoms with Crippen LogP contribution in [0.1, 0.15) is 42.9 Å². The summed E-state index contributed by atoms with van der Waals surface area (Å²) >= 11 is 0. The van der Waals surface area contributed by atoms with Crippen molar-refractivity contribution in [2.75, 3.05) is 19.6 Å². The molecule has 2 rings (SSSR count). The van der Waals surface area contributed by atoms with Gasteiger partial charge in [0, 0.05) is 38.3 Å². The van der Waals surface area contributed by atoms with Gasteiger partial charge in [0.05, 0.1) is 5.69 Å². The molecule has 0 aliphatic carbocycles. The van der Waals surface area contributed by atoms with E-state index in [1.807, 2.05) is 18.5 Å². The van der Waals surface area contributed by atoms with Crippen LogP contribution in [0, 0.1) is 20.8 Å². The summed E-state index contributed by atoms with van der Waals surface area (Å²) in [6.07, 6.45) is 2.64. The second kappa shape index (κ2) is 11.9. The molecule has 0 saturated heterocycles. The first-order valence-electron chi connectivity index (χ1n) is 8.91. The first kappa shape index (κ1) is 22.4. The van der Waals surface area contributed by atoms with E-state index in [2.05, 4.69) is 50.8 Å². The number of nitrogens with zero attached hydrogens (tertiary/aromatic N) is 5. The van der Waals surface area contributed by atoms with Gasteiger partial charge in [0.1, 0.15) is 0 Å². The summed E-state index contributed by atoms with van der Waals surface area (Å²) in [5.74, 6) is 2.21. The molecule has 8 nitrogen and oxygen atoms in total. The molecule has 0 amide bonds. The smallest absolute Gasteiger partial charge is 0.226 e. The van der Waals surface area contributed by atoms with E-state index in [1.165, 1.54) is 5.69 Å². The van der Waals surface area contributed by atoms with Crippen LogP contribution in [0.3, 0.4) is 0 Å². The normalized spacial score (nSPS) is 11.3. The first-order chi connectivity index (χ1) is 12.1. The molecule has 9 heteroatoms. The summed E-state index contributed by atoms with van der Waals surface area (Å²) < 4.78 is 7.15. The standard InChI is InChI=1S/C17H29N7O.HI/c1-5-18-17(19-9-6-8-16-21-15(4)23-25-16)20-10-7-11-24-14(3)12-13(2)22-24;/h12H,5-11H2,1-4H3,(H2,18,19,20);1H. The Kier molecular flexibility index (Phi) is 10.2. The summed E-state index contributed by atoms with van der Waals surface area (Å²) in [5.41, 5.74) is 2.26. The summed E-state index contributed by atoms with van der Waals surface area (Å²) in [7, 11) is 0. The summed E-state index contributed by atoms with van der Waals surface area (Å²) in [6.45, 7) is 11.3. The van der Waals surface area contributed by atoms with Crippen molar-refractivity contribution in [3.63, 3.8) is 0 Å².